The Morgan fingerprint density at radius 2 is 2.25 bits per heavy atom. The van der Waals surface area contributed by atoms with Crippen LogP contribution in [0.3, 0.4) is 0 Å². The second-order valence-corrected chi connectivity index (χ2v) is 9.63. The molecule has 28 heavy (non-hydrogen) atoms. The molecule has 0 bridgehead atoms. The van der Waals surface area contributed by atoms with Gasteiger partial charge in [0.2, 0.25) is 0 Å². The van der Waals surface area contributed by atoms with Crippen LogP contribution in [-0.2, 0) is 25.4 Å². The molecule has 0 aromatic carbocycles. The molecule has 156 valence electrons. The van der Waals surface area contributed by atoms with Crippen LogP contribution in [-0.4, -0.2) is 43.7 Å². The van der Waals surface area contributed by atoms with Gasteiger partial charge >= 0.3 is 5.97 Å². The van der Waals surface area contributed by atoms with Gasteiger partial charge in [0.05, 0.1) is 13.2 Å². The van der Waals surface area contributed by atoms with Gasteiger partial charge in [-0.1, -0.05) is 6.92 Å². The zero-order chi connectivity index (χ0) is 20.1. The first kappa shape index (κ1) is 21.8. The molecule has 1 aromatic rings. The van der Waals surface area contributed by atoms with Crippen molar-refractivity contribution < 1.29 is 23.8 Å². The third-order valence-electron chi connectivity index (χ3n) is 5.74. The van der Waals surface area contributed by atoms with Gasteiger partial charge in [-0.15, -0.1) is 22.9 Å². The fourth-order valence-corrected chi connectivity index (χ4v) is 5.85. The molecule has 1 aliphatic heterocycles. The van der Waals surface area contributed by atoms with E-state index in [2.05, 4.69) is 6.92 Å². The molecule has 0 radical (unpaired) electrons. The molecular weight excluding hydrogens is 400 g/mol. The Morgan fingerprint density at radius 1 is 1.43 bits per heavy atom. The third-order valence-corrected chi connectivity index (χ3v) is 7.33. The van der Waals surface area contributed by atoms with E-state index < -0.39 is 0 Å². The molecule has 3 rings (SSSR count). The zero-order valence-corrected chi connectivity index (χ0v) is 18.0. The number of thiophene rings is 1. The number of carbonyl (C=O) groups is 2. The van der Waals surface area contributed by atoms with Crippen LogP contribution >= 0.6 is 22.9 Å². The van der Waals surface area contributed by atoms with Crippen LogP contribution in [0.4, 0.5) is 0 Å². The lowest BCUT2D eigenvalue weighted by atomic mass is 9.86. The number of esters is 1. The summed E-state index contributed by atoms with van der Waals surface area (Å²) in [6.45, 7) is 2.89. The Hall–Kier alpha value is -0.950. The number of halogens is 1. The second kappa shape index (κ2) is 10.2. The van der Waals surface area contributed by atoms with E-state index in [0.29, 0.717) is 17.2 Å². The van der Waals surface area contributed by atoms with Gasteiger partial charge in [0.25, 0.3) is 0 Å². The van der Waals surface area contributed by atoms with Crippen LogP contribution in [0.25, 0.3) is 0 Å². The lowest BCUT2D eigenvalue weighted by Crippen LogP contribution is -2.32. The van der Waals surface area contributed by atoms with Crippen molar-refractivity contribution in [3.05, 3.63) is 21.9 Å². The number of rotatable bonds is 8. The van der Waals surface area contributed by atoms with Crippen molar-refractivity contribution in [2.45, 2.75) is 63.2 Å². The standard InChI is InChI=1S/C21H29ClO5S/c1-13(9-14-6-7-19(28-14)21(24)25-2)10-15-16(12-23)18(11-17(15)22)27-20-5-3-4-8-26-20/h6-7,12-13,15-18,20H,3-5,8-11H2,1-2H3/t13?,15?,16-,17-,18-,20?/m1/s1. The number of ether oxygens (including phenoxy) is 3. The molecule has 2 aliphatic rings. The lowest BCUT2D eigenvalue weighted by Gasteiger charge is -2.28. The maximum atomic E-state index is 11.8. The fourth-order valence-electron chi connectivity index (χ4n) is 4.31. The summed E-state index contributed by atoms with van der Waals surface area (Å²) in [5.74, 6) is -0.0405. The summed E-state index contributed by atoms with van der Waals surface area (Å²) in [5.41, 5.74) is 0. The van der Waals surface area contributed by atoms with Crippen molar-refractivity contribution in [1.82, 2.24) is 0 Å². The van der Waals surface area contributed by atoms with Gasteiger partial charge in [-0.3, -0.25) is 0 Å². The minimum absolute atomic E-state index is 0.0693. The van der Waals surface area contributed by atoms with Crippen molar-refractivity contribution >= 4 is 35.2 Å². The average Bonchev–Trinajstić information content (AvgIpc) is 3.26. The molecule has 1 saturated carbocycles. The van der Waals surface area contributed by atoms with Crippen molar-refractivity contribution in [1.29, 1.82) is 0 Å². The molecule has 1 saturated heterocycles. The molecule has 0 spiro atoms. The molecule has 1 aliphatic carbocycles. The molecule has 0 N–H and O–H groups in total. The van der Waals surface area contributed by atoms with E-state index in [-0.39, 0.29) is 35.6 Å². The summed E-state index contributed by atoms with van der Waals surface area (Å²) >= 11 is 8.10. The van der Waals surface area contributed by atoms with Gasteiger partial charge in [0.15, 0.2) is 6.29 Å². The summed E-state index contributed by atoms with van der Waals surface area (Å²) in [6.07, 6.45) is 6.11. The second-order valence-electron chi connectivity index (χ2n) is 7.90. The maximum absolute atomic E-state index is 11.8. The summed E-state index contributed by atoms with van der Waals surface area (Å²) in [5, 5.41) is -0.0693. The predicted octanol–water partition coefficient (Wildman–Crippen LogP) is 4.46. The Labute approximate surface area is 175 Å². The largest absolute Gasteiger partial charge is 0.465 e. The van der Waals surface area contributed by atoms with Crippen LogP contribution in [0.1, 0.15) is 53.6 Å². The van der Waals surface area contributed by atoms with E-state index in [1.54, 1.807) is 6.07 Å². The maximum Gasteiger partial charge on any atom is 0.348 e. The van der Waals surface area contributed by atoms with Crippen molar-refractivity contribution in [3.63, 3.8) is 0 Å². The topological polar surface area (TPSA) is 61.8 Å². The molecule has 1 aromatic heterocycles. The number of hydrogen-bond donors (Lipinski definition) is 0. The monoisotopic (exact) mass is 428 g/mol. The van der Waals surface area contributed by atoms with Crippen LogP contribution in [0, 0.1) is 17.8 Å². The predicted molar refractivity (Wildman–Crippen MR) is 109 cm³/mol. The highest BCUT2D eigenvalue weighted by Crippen LogP contribution is 2.42. The van der Waals surface area contributed by atoms with E-state index in [4.69, 9.17) is 25.8 Å². The Balaban J connectivity index is 1.56. The van der Waals surface area contributed by atoms with Gasteiger partial charge in [0.1, 0.15) is 11.2 Å². The molecule has 2 fully saturated rings. The first-order chi connectivity index (χ1) is 13.5. The molecule has 0 amide bonds. The molecular formula is C21H29ClO5S. The average molecular weight is 429 g/mol. The molecule has 6 atom stereocenters. The van der Waals surface area contributed by atoms with E-state index in [9.17, 15) is 9.59 Å². The fraction of sp³-hybridized carbons (Fsp3) is 0.714. The first-order valence-electron chi connectivity index (χ1n) is 10.0. The van der Waals surface area contributed by atoms with Crippen LogP contribution in [0.15, 0.2) is 12.1 Å². The van der Waals surface area contributed by atoms with Crippen molar-refractivity contribution in [2.24, 2.45) is 17.8 Å². The van der Waals surface area contributed by atoms with Gasteiger partial charge in [-0.2, -0.15) is 0 Å². The number of carbonyl (C=O) groups excluding carboxylic acids is 2. The Morgan fingerprint density at radius 3 is 2.93 bits per heavy atom. The quantitative estimate of drug-likeness (QED) is 0.347. The van der Waals surface area contributed by atoms with Crippen LogP contribution in [0.2, 0.25) is 0 Å². The SMILES string of the molecule is COC(=O)c1ccc(CC(C)CC2[C@H](Cl)C[C@@H](OC3CCCCO3)[C@@H]2C=O)s1. The molecule has 2 heterocycles. The van der Waals surface area contributed by atoms with Crippen LogP contribution in [0.5, 0.6) is 0 Å². The summed E-state index contributed by atoms with van der Waals surface area (Å²) < 4.78 is 16.6. The molecule has 5 nitrogen and oxygen atoms in total. The number of methoxy groups -OCH3 is 1. The zero-order valence-electron chi connectivity index (χ0n) is 16.5. The minimum Gasteiger partial charge on any atom is -0.465 e. The van der Waals surface area contributed by atoms with E-state index in [1.807, 2.05) is 6.07 Å². The van der Waals surface area contributed by atoms with Gasteiger partial charge in [0, 0.05) is 22.8 Å². The minimum atomic E-state index is -0.300. The van der Waals surface area contributed by atoms with Crippen molar-refractivity contribution in [3.8, 4) is 0 Å². The molecule has 3 unspecified atom stereocenters. The van der Waals surface area contributed by atoms with Crippen LogP contribution < -0.4 is 0 Å². The lowest BCUT2D eigenvalue weighted by molar-refractivity contribution is -0.194. The summed E-state index contributed by atoms with van der Waals surface area (Å²) in [7, 11) is 1.39. The smallest absolute Gasteiger partial charge is 0.348 e. The Bertz CT molecular complexity index is 657. The Kier molecular flexibility index (Phi) is 7.92. The van der Waals surface area contributed by atoms with Crippen molar-refractivity contribution in [2.75, 3.05) is 13.7 Å². The highest BCUT2D eigenvalue weighted by atomic mass is 35.5. The summed E-state index contributed by atoms with van der Waals surface area (Å²) in [4.78, 5) is 25.2. The number of aldehydes is 1. The highest BCUT2D eigenvalue weighted by molar-refractivity contribution is 7.13. The van der Waals surface area contributed by atoms with E-state index >= 15 is 0 Å². The van der Waals surface area contributed by atoms with Gasteiger partial charge in [-0.25, -0.2) is 4.79 Å². The van der Waals surface area contributed by atoms with E-state index in [1.165, 1.54) is 18.4 Å². The van der Waals surface area contributed by atoms with Gasteiger partial charge in [-0.05, 0) is 62.5 Å². The highest BCUT2D eigenvalue weighted by Gasteiger charge is 2.44. The van der Waals surface area contributed by atoms with Gasteiger partial charge < -0.3 is 19.0 Å². The number of hydrogen-bond acceptors (Lipinski definition) is 6. The number of alkyl halides is 1. The first-order valence-corrected chi connectivity index (χ1v) is 11.3. The molecule has 7 heteroatoms. The normalized spacial score (nSPS) is 31.5. The summed E-state index contributed by atoms with van der Waals surface area (Å²) in [6, 6.07) is 3.78. The third kappa shape index (κ3) is 5.35. The van der Waals surface area contributed by atoms with E-state index in [0.717, 1.165) is 49.9 Å².